The summed E-state index contributed by atoms with van der Waals surface area (Å²) >= 11 is 0. The van der Waals surface area contributed by atoms with Gasteiger partial charge in [0.1, 0.15) is 0 Å². The molecule has 1 rings (SSSR count). The molecule has 0 fully saturated rings. The molecule has 3 amide bonds. The largest absolute Gasteiger partial charge is 0.463 e. The quantitative estimate of drug-likeness (QED) is 0.416. The lowest BCUT2D eigenvalue weighted by atomic mass is 10.2. The van der Waals surface area contributed by atoms with E-state index in [1.165, 1.54) is 19.1 Å². The summed E-state index contributed by atoms with van der Waals surface area (Å²) in [5.74, 6) is -2.09. The molecular weight excluding hydrogens is 302 g/mol. The standard InChI is InChI=1S/C15H17N3O5/c1-3-23-14(21)9-8-13(20)17-18-15(22)11-4-6-12(7-5-11)16-10(2)19/h4-9H,3H2,1-2H3,(H,16,19)(H,17,20)(H,18,22)/b9-8-. The second-order valence-corrected chi connectivity index (χ2v) is 4.29. The number of carbonyl (C=O) groups excluding carboxylic acids is 4. The van der Waals surface area contributed by atoms with Crippen LogP contribution in [0.1, 0.15) is 24.2 Å². The van der Waals surface area contributed by atoms with Crippen LogP contribution < -0.4 is 16.2 Å². The van der Waals surface area contributed by atoms with E-state index in [2.05, 4.69) is 20.9 Å². The normalized spacial score (nSPS) is 10.0. The van der Waals surface area contributed by atoms with Gasteiger partial charge in [-0.15, -0.1) is 0 Å². The molecule has 0 aromatic heterocycles. The average molecular weight is 319 g/mol. The molecule has 0 unspecified atom stereocenters. The number of anilines is 1. The number of nitrogens with one attached hydrogen (secondary N) is 3. The monoisotopic (exact) mass is 319 g/mol. The average Bonchev–Trinajstić information content (AvgIpc) is 2.51. The number of hydrogen-bond acceptors (Lipinski definition) is 5. The van der Waals surface area contributed by atoms with Crippen molar-refractivity contribution >= 4 is 29.4 Å². The highest BCUT2D eigenvalue weighted by atomic mass is 16.5. The summed E-state index contributed by atoms with van der Waals surface area (Å²) in [6.07, 6.45) is 1.89. The van der Waals surface area contributed by atoms with Gasteiger partial charge in [-0.1, -0.05) is 0 Å². The van der Waals surface area contributed by atoms with Gasteiger partial charge < -0.3 is 10.1 Å². The number of carbonyl (C=O) groups is 4. The minimum atomic E-state index is -0.679. The van der Waals surface area contributed by atoms with Crippen LogP contribution in [-0.2, 0) is 19.1 Å². The zero-order valence-electron chi connectivity index (χ0n) is 12.7. The van der Waals surface area contributed by atoms with E-state index in [0.29, 0.717) is 5.69 Å². The Hall–Kier alpha value is -3.16. The molecule has 0 aliphatic carbocycles. The molecule has 0 aliphatic heterocycles. The van der Waals surface area contributed by atoms with Crippen molar-refractivity contribution in [3.05, 3.63) is 42.0 Å². The Morgan fingerprint density at radius 3 is 2.26 bits per heavy atom. The van der Waals surface area contributed by atoms with Crippen molar-refractivity contribution < 1.29 is 23.9 Å². The third-order valence-corrected chi connectivity index (χ3v) is 2.42. The molecule has 0 bridgehead atoms. The van der Waals surface area contributed by atoms with Crippen LogP contribution in [0.5, 0.6) is 0 Å². The van der Waals surface area contributed by atoms with E-state index >= 15 is 0 Å². The Morgan fingerprint density at radius 2 is 1.70 bits per heavy atom. The molecule has 0 spiro atoms. The lowest BCUT2D eigenvalue weighted by Crippen LogP contribution is -2.40. The minimum Gasteiger partial charge on any atom is -0.463 e. The fourth-order valence-corrected chi connectivity index (χ4v) is 1.47. The van der Waals surface area contributed by atoms with E-state index < -0.39 is 17.8 Å². The number of hydrazine groups is 1. The van der Waals surface area contributed by atoms with Gasteiger partial charge in [-0.05, 0) is 31.2 Å². The van der Waals surface area contributed by atoms with Crippen LogP contribution in [0, 0.1) is 0 Å². The van der Waals surface area contributed by atoms with Crippen molar-refractivity contribution in [1.82, 2.24) is 10.9 Å². The molecule has 8 nitrogen and oxygen atoms in total. The van der Waals surface area contributed by atoms with Crippen LogP contribution in [0.2, 0.25) is 0 Å². The zero-order valence-corrected chi connectivity index (χ0v) is 12.7. The van der Waals surface area contributed by atoms with Crippen molar-refractivity contribution in [2.45, 2.75) is 13.8 Å². The SMILES string of the molecule is CCOC(=O)/C=C\C(=O)NNC(=O)c1ccc(NC(C)=O)cc1. The molecule has 0 saturated heterocycles. The molecule has 0 heterocycles. The van der Waals surface area contributed by atoms with Crippen LogP contribution >= 0.6 is 0 Å². The Morgan fingerprint density at radius 1 is 1.04 bits per heavy atom. The molecule has 0 atom stereocenters. The van der Waals surface area contributed by atoms with Crippen molar-refractivity contribution in [2.75, 3.05) is 11.9 Å². The van der Waals surface area contributed by atoms with E-state index in [0.717, 1.165) is 12.2 Å². The van der Waals surface area contributed by atoms with Crippen LogP contribution in [0.25, 0.3) is 0 Å². The van der Waals surface area contributed by atoms with Gasteiger partial charge in [0.05, 0.1) is 6.61 Å². The summed E-state index contributed by atoms with van der Waals surface area (Å²) in [6.45, 7) is 3.22. The maximum Gasteiger partial charge on any atom is 0.330 e. The first-order valence-corrected chi connectivity index (χ1v) is 6.75. The molecule has 122 valence electrons. The van der Waals surface area contributed by atoms with E-state index in [4.69, 9.17) is 0 Å². The Kier molecular flexibility index (Phi) is 6.99. The third kappa shape index (κ3) is 6.89. The fraction of sp³-hybridized carbons (Fsp3) is 0.200. The van der Waals surface area contributed by atoms with Gasteiger partial charge in [-0.3, -0.25) is 25.2 Å². The topological polar surface area (TPSA) is 114 Å². The lowest BCUT2D eigenvalue weighted by Gasteiger charge is -2.06. The number of rotatable bonds is 5. The lowest BCUT2D eigenvalue weighted by molar-refractivity contribution is -0.137. The van der Waals surface area contributed by atoms with Gasteiger partial charge in [0.25, 0.3) is 11.8 Å². The Bertz CT molecular complexity index is 623. The van der Waals surface area contributed by atoms with Gasteiger partial charge >= 0.3 is 5.97 Å². The smallest absolute Gasteiger partial charge is 0.330 e. The number of ether oxygens (including phenoxy) is 1. The summed E-state index contributed by atoms with van der Waals surface area (Å²) in [4.78, 5) is 45.1. The molecular formula is C15H17N3O5. The molecule has 3 N–H and O–H groups in total. The summed E-state index contributed by atoms with van der Waals surface area (Å²) in [7, 11) is 0. The molecule has 8 heteroatoms. The van der Waals surface area contributed by atoms with Crippen molar-refractivity contribution in [1.29, 1.82) is 0 Å². The van der Waals surface area contributed by atoms with Crippen LogP contribution in [0.15, 0.2) is 36.4 Å². The number of amides is 3. The molecule has 0 aliphatic rings. The van der Waals surface area contributed by atoms with Crippen molar-refractivity contribution in [3.63, 3.8) is 0 Å². The van der Waals surface area contributed by atoms with E-state index in [1.807, 2.05) is 0 Å². The molecule has 0 radical (unpaired) electrons. The second kappa shape index (κ2) is 8.98. The zero-order chi connectivity index (χ0) is 17.2. The van der Waals surface area contributed by atoms with Crippen LogP contribution in [-0.4, -0.2) is 30.3 Å². The molecule has 1 aromatic rings. The van der Waals surface area contributed by atoms with E-state index in [-0.39, 0.29) is 18.1 Å². The van der Waals surface area contributed by atoms with Gasteiger partial charge in [0.2, 0.25) is 5.91 Å². The van der Waals surface area contributed by atoms with Gasteiger partial charge in [0.15, 0.2) is 0 Å². The molecule has 23 heavy (non-hydrogen) atoms. The highest BCUT2D eigenvalue weighted by Gasteiger charge is 2.06. The third-order valence-electron chi connectivity index (χ3n) is 2.42. The van der Waals surface area contributed by atoms with Crippen LogP contribution in [0.4, 0.5) is 5.69 Å². The fourth-order valence-electron chi connectivity index (χ4n) is 1.47. The first kappa shape index (κ1) is 17.9. The Balaban J connectivity index is 2.48. The summed E-state index contributed by atoms with van der Waals surface area (Å²) < 4.78 is 4.60. The van der Waals surface area contributed by atoms with Gasteiger partial charge in [-0.25, -0.2) is 4.79 Å². The maximum atomic E-state index is 11.8. The summed E-state index contributed by atoms with van der Waals surface area (Å²) in [5, 5.41) is 2.57. The molecule has 1 aromatic carbocycles. The number of hydrogen-bond donors (Lipinski definition) is 3. The van der Waals surface area contributed by atoms with Gasteiger partial charge in [0, 0.05) is 30.3 Å². The van der Waals surface area contributed by atoms with Crippen molar-refractivity contribution in [3.8, 4) is 0 Å². The predicted octanol–water partition coefficient (Wildman–Crippen LogP) is 0.525. The summed E-state index contributed by atoms with van der Waals surface area (Å²) in [5.41, 5.74) is 5.15. The van der Waals surface area contributed by atoms with E-state index in [9.17, 15) is 19.2 Å². The summed E-state index contributed by atoms with van der Waals surface area (Å²) in [6, 6.07) is 6.08. The van der Waals surface area contributed by atoms with Gasteiger partial charge in [-0.2, -0.15) is 0 Å². The van der Waals surface area contributed by atoms with Crippen molar-refractivity contribution in [2.24, 2.45) is 0 Å². The van der Waals surface area contributed by atoms with Crippen LogP contribution in [0.3, 0.4) is 0 Å². The Labute approximate surface area is 132 Å². The highest BCUT2D eigenvalue weighted by Crippen LogP contribution is 2.09. The molecule has 0 saturated carbocycles. The number of esters is 1. The van der Waals surface area contributed by atoms with E-state index in [1.54, 1.807) is 19.1 Å². The first-order valence-electron chi connectivity index (χ1n) is 6.75. The maximum absolute atomic E-state index is 11.8. The predicted molar refractivity (Wildman–Crippen MR) is 82.1 cm³/mol. The minimum absolute atomic E-state index is 0.204. The highest BCUT2D eigenvalue weighted by molar-refractivity contribution is 5.99. The second-order valence-electron chi connectivity index (χ2n) is 4.29. The first-order chi connectivity index (χ1) is 10.9. The number of benzene rings is 1.